The largest absolute Gasteiger partial charge is 0.494 e. The summed E-state index contributed by atoms with van der Waals surface area (Å²) in [4.78, 5) is 15.9. The van der Waals surface area contributed by atoms with Gasteiger partial charge >= 0.3 is 0 Å². The highest BCUT2D eigenvalue weighted by Gasteiger charge is 2.20. The van der Waals surface area contributed by atoms with Gasteiger partial charge in [0.15, 0.2) is 5.82 Å². The van der Waals surface area contributed by atoms with E-state index in [4.69, 9.17) is 9.72 Å². The minimum absolute atomic E-state index is 0.685. The third-order valence-electron chi connectivity index (χ3n) is 4.60. The van der Waals surface area contributed by atoms with E-state index in [0.29, 0.717) is 6.61 Å². The van der Waals surface area contributed by atoms with Gasteiger partial charge in [-0.2, -0.15) is 0 Å². The first-order chi connectivity index (χ1) is 12.8. The molecule has 5 nitrogen and oxygen atoms in total. The second kappa shape index (κ2) is 7.62. The minimum Gasteiger partial charge on any atom is -0.494 e. The van der Waals surface area contributed by atoms with Crippen LogP contribution >= 0.6 is 0 Å². The lowest BCUT2D eigenvalue weighted by atomic mass is 10.1. The Morgan fingerprint density at radius 3 is 2.88 bits per heavy atom. The summed E-state index contributed by atoms with van der Waals surface area (Å²) < 4.78 is 5.76. The molecule has 0 amide bonds. The summed E-state index contributed by atoms with van der Waals surface area (Å²) in [6.45, 7) is 5.43. The van der Waals surface area contributed by atoms with Gasteiger partial charge in [0, 0.05) is 61.3 Å². The number of hydrogen-bond acceptors (Lipinski definition) is 5. The summed E-state index contributed by atoms with van der Waals surface area (Å²) in [6, 6.07) is 12.2. The second-order valence-electron chi connectivity index (χ2n) is 6.41. The zero-order chi connectivity index (χ0) is 17.8. The third kappa shape index (κ3) is 3.58. The van der Waals surface area contributed by atoms with Gasteiger partial charge in [0.1, 0.15) is 5.75 Å². The lowest BCUT2D eigenvalue weighted by molar-refractivity contribution is 0.237. The van der Waals surface area contributed by atoms with E-state index in [2.05, 4.69) is 27.0 Å². The first-order valence-electron chi connectivity index (χ1n) is 9.01. The highest BCUT2D eigenvalue weighted by Crippen LogP contribution is 2.25. The van der Waals surface area contributed by atoms with Crippen LogP contribution in [0.5, 0.6) is 5.75 Å². The molecule has 0 radical (unpaired) electrons. The van der Waals surface area contributed by atoms with Crippen LogP contribution in [-0.2, 0) is 19.5 Å². The van der Waals surface area contributed by atoms with Crippen LogP contribution in [0.25, 0.3) is 11.4 Å². The molecule has 2 aromatic heterocycles. The Bertz CT molecular complexity index is 882. The molecule has 0 unspecified atom stereocenters. The fourth-order valence-electron chi connectivity index (χ4n) is 3.32. The van der Waals surface area contributed by atoms with E-state index in [0.717, 1.165) is 48.9 Å². The Morgan fingerprint density at radius 2 is 2.04 bits per heavy atom. The van der Waals surface area contributed by atoms with Crippen molar-refractivity contribution in [1.29, 1.82) is 0 Å². The molecule has 132 valence electrons. The van der Waals surface area contributed by atoms with Crippen LogP contribution in [0.1, 0.15) is 23.7 Å². The minimum atomic E-state index is 0.685. The van der Waals surface area contributed by atoms with Gasteiger partial charge in [0.2, 0.25) is 0 Å². The number of para-hydroxylation sites is 1. The molecule has 0 saturated carbocycles. The maximum absolute atomic E-state index is 5.76. The Labute approximate surface area is 153 Å². The number of ether oxygens (including phenoxy) is 1. The molecule has 0 fully saturated rings. The first kappa shape index (κ1) is 16.7. The molecule has 0 spiro atoms. The molecule has 3 heterocycles. The van der Waals surface area contributed by atoms with Crippen molar-refractivity contribution in [2.45, 2.75) is 26.4 Å². The van der Waals surface area contributed by atoms with E-state index in [1.807, 2.05) is 43.6 Å². The van der Waals surface area contributed by atoms with Crippen molar-refractivity contribution in [2.75, 3.05) is 13.2 Å². The van der Waals surface area contributed by atoms with Gasteiger partial charge in [-0.3, -0.25) is 9.88 Å². The molecule has 1 aromatic carbocycles. The fraction of sp³-hybridized carbons (Fsp3) is 0.286. The van der Waals surface area contributed by atoms with E-state index in [1.165, 1.54) is 11.1 Å². The number of aromatic nitrogens is 3. The smallest absolute Gasteiger partial charge is 0.160 e. The molecule has 0 aliphatic carbocycles. The van der Waals surface area contributed by atoms with Gasteiger partial charge in [0.05, 0.1) is 12.3 Å². The molecule has 0 saturated heterocycles. The monoisotopic (exact) mass is 346 g/mol. The Hall–Kier alpha value is -2.79. The molecule has 3 aromatic rings. The van der Waals surface area contributed by atoms with Gasteiger partial charge in [-0.05, 0) is 25.1 Å². The number of hydrogen-bond donors (Lipinski definition) is 0. The lowest BCUT2D eigenvalue weighted by Crippen LogP contribution is -2.31. The molecule has 0 bridgehead atoms. The average molecular weight is 346 g/mol. The normalized spacial score (nSPS) is 14.0. The standard InChI is InChI=1S/C21H22N4O/c1-2-26-20-8-4-3-6-17(20)14-25-11-9-19-18(15-25)13-23-21(24-19)16-7-5-10-22-12-16/h3-8,10,12-13H,2,9,11,14-15H2,1H3. The molecule has 0 N–H and O–H groups in total. The van der Waals surface area contributed by atoms with Crippen LogP contribution in [-0.4, -0.2) is 33.0 Å². The summed E-state index contributed by atoms with van der Waals surface area (Å²) in [6.07, 6.45) is 6.47. The van der Waals surface area contributed by atoms with Crippen molar-refractivity contribution in [3.05, 3.63) is 71.8 Å². The van der Waals surface area contributed by atoms with Crippen molar-refractivity contribution in [3.8, 4) is 17.1 Å². The highest BCUT2D eigenvalue weighted by atomic mass is 16.5. The highest BCUT2D eigenvalue weighted by molar-refractivity contribution is 5.53. The zero-order valence-electron chi connectivity index (χ0n) is 14.9. The summed E-state index contributed by atoms with van der Waals surface area (Å²) in [7, 11) is 0. The van der Waals surface area contributed by atoms with Gasteiger partial charge in [-0.15, -0.1) is 0 Å². The predicted molar refractivity (Wildman–Crippen MR) is 101 cm³/mol. The van der Waals surface area contributed by atoms with E-state index >= 15 is 0 Å². The lowest BCUT2D eigenvalue weighted by Gasteiger charge is -2.28. The van der Waals surface area contributed by atoms with E-state index in [9.17, 15) is 0 Å². The molecular weight excluding hydrogens is 324 g/mol. The zero-order valence-corrected chi connectivity index (χ0v) is 14.9. The second-order valence-corrected chi connectivity index (χ2v) is 6.41. The molecular formula is C21H22N4O. The number of fused-ring (bicyclic) bond motifs is 1. The van der Waals surface area contributed by atoms with Gasteiger partial charge < -0.3 is 4.74 Å². The summed E-state index contributed by atoms with van der Waals surface area (Å²) in [5.41, 5.74) is 4.54. The van der Waals surface area contributed by atoms with Gasteiger partial charge in [-0.25, -0.2) is 9.97 Å². The summed E-state index contributed by atoms with van der Waals surface area (Å²) in [5, 5.41) is 0. The van der Waals surface area contributed by atoms with E-state index in [1.54, 1.807) is 6.20 Å². The number of nitrogens with zero attached hydrogens (tertiary/aromatic N) is 4. The van der Waals surface area contributed by atoms with E-state index < -0.39 is 0 Å². The molecule has 1 aliphatic rings. The molecule has 0 atom stereocenters. The van der Waals surface area contributed by atoms with Gasteiger partial charge in [0.25, 0.3) is 0 Å². The van der Waals surface area contributed by atoms with Crippen molar-refractivity contribution >= 4 is 0 Å². The predicted octanol–water partition coefficient (Wildman–Crippen LogP) is 3.50. The van der Waals surface area contributed by atoms with Crippen LogP contribution in [0.2, 0.25) is 0 Å². The molecule has 26 heavy (non-hydrogen) atoms. The summed E-state index contributed by atoms with van der Waals surface area (Å²) >= 11 is 0. The van der Waals surface area contributed by atoms with Crippen molar-refractivity contribution in [1.82, 2.24) is 19.9 Å². The van der Waals surface area contributed by atoms with Crippen LogP contribution in [0, 0.1) is 0 Å². The number of benzene rings is 1. The quantitative estimate of drug-likeness (QED) is 0.708. The molecule has 4 rings (SSSR count). The van der Waals surface area contributed by atoms with Crippen LogP contribution in [0.15, 0.2) is 55.0 Å². The maximum atomic E-state index is 5.76. The topological polar surface area (TPSA) is 51.1 Å². The summed E-state index contributed by atoms with van der Waals surface area (Å²) in [5.74, 6) is 1.73. The Kier molecular flexibility index (Phi) is 4.88. The molecule has 5 heteroatoms. The van der Waals surface area contributed by atoms with Crippen LogP contribution in [0.4, 0.5) is 0 Å². The molecule has 1 aliphatic heterocycles. The van der Waals surface area contributed by atoms with Crippen molar-refractivity contribution in [3.63, 3.8) is 0 Å². The van der Waals surface area contributed by atoms with Crippen molar-refractivity contribution in [2.24, 2.45) is 0 Å². The maximum Gasteiger partial charge on any atom is 0.160 e. The average Bonchev–Trinajstić information content (AvgIpc) is 2.70. The SMILES string of the molecule is CCOc1ccccc1CN1CCc2nc(-c3cccnc3)ncc2C1. The van der Waals surface area contributed by atoms with Crippen LogP contribution in [0.3, 0.4) is 0 Å². The number of pyridine rings is 1. The van der Waals surface area contributed by atoms with Gasteiger partial charge in [-0.1, -0.05) is 18.2 Å². The first-order valence-corrected chi connectivity index (χ1v) is 9.01. The Morgan fingerprint density at radius 1 is 1.12 bits per heavy atom. The number of rotatable bonds is 5. The van der Waals surface area contributed by atoms with Crippen LogP contribution < -0.4 is 4.74 Å². The third-order valence-corrected chi connectivity index (χ3v) is 4.60. The van der Waals surface area contributed by atoms with Crippen molar-refractivity contribution < 1.29 is 4.74 Å². The Balaban J connectivity index is 1.50. The fourth-order valence-corrected chi connectivity index (χ4v) is 3.32. The van der Waals surface area contributed by atoms with E-state index in [-0.39, 0.29) is 0 Å².